The maximum Gasteiger partial charge on any atom is 0.249 e. The van der Waals surface area contributed by atoms with Gasteiger partial charge < -0.3 is 27.4 Å². The van der Waals surface area contributed by atoms with Crippen molar-refractivity contribution in [3.63, 3.8) is 0 Å². The molecule has 0 fully saturated rings. The summed E-state index contributed by atoms with van der Waals surface area (Å²) in [5, 5.41) is 18.7. The van der Waals surface area contributed by atoms with Gasteiger partial charge in [-0.3, -0.25) is 4.79 Å². The van der Waals surface area contributed by atoms with E-state index in [4.69, 9.17) is 17.2 Å². The Labute approximate surface area is 90.5 Å². The molecular formula is C9H12FN3O3. The molecule has 0 heterocycles. The van der Waals surface area contributed by atoms with Gasteiger partial charge in [0.1, 0.15) is 11.9 Å². The highest BCUT2D eigenvalue weighted by Crippen LogP contribution is 2.28. The maximum absolute atomic E-state index is 13.0. The molecular weight excluding hydrogens is 217 g/mol. The highest BCUT2D eigenvalue weighted by Gasteiger charge is 2.26. The van der Waals surface area contributed by atoms with Crippen LogP contribution in [0.5, 0.6) is 0 Å². The molecule has 1 rings (SSSR count). The lowest BCUT2D eigenvalue weighted by Gasteiger charge is -2.18. The van der Waals surface area contributed by atoms with E-state index < -0.39 is 23.9 Å². The van der Waals surface area contributed by atoms with Gasteiger partial charge in [-0.2, -0.15) is 0 Å². The maximum atomic E-state index is 13.0. The van der Waals surface area contributed by atoms with Gasteiger partial charge in [-0.05, 0) is 12.1 Å². The van der Waals surface area contributed by atoms with Crippen LogP contribution in [0.2, 0.25) is 0 Å². The van der Waals surface area contributed by atoms with E-state index in [2.05, 4.69) is 0 Å². The van der Waals surface area contributed by atoms with Crippen LogP contribution in [0.4, 0.5) is 15.8 Å². The van der Waals surface area contributed by atoms with Crippen LogP contribution in [0.1, 0.15) is 11.7 Å². The molecule has 7 heteroatoms. The molecule has 1 amide bonds. The SMILES string of the molecule is NC(=O)C(O)C(O)c1cc(F)cc(N)c1N. The Kier molecular flexibility index (Phi) is 3.31. The monoisotopic (exact) mass is 229 g/mol. The van der Waals surface area contributed by atoms with Crippen LogP contribution in [0, 0.1) is 5.82 Å². The number of nitrogen functional groups attached to an aromatic ring is 2. The van der Waals surface area contributed by atoms with E-state index in [1.165, 1.54) is 0 Å². The quantitative estimate of drug-likeness (QED) is 0.418. The molecule has 2 unspecified atom stereocenters. The van der Waals surface area contributed by atoms with Crippen LogP contribution in [-0.4, -0.2) is 22.2 Å². The molecule has 1 aromatic rings. The predicted molar refractivity (Wildman–Crippen MR) is 55.4 cm³/mol. The minimum Gasteiger partial charge on any atom is -0.397 e. The summed E-state index contributed by atoms with van der Waals surface area (Å²) in [6, 6.07) is 1.84. The van der Waals surface area contributed by atoms with Gasteiger partial charge in [0.2, 0.25) is 5.91 Å². The van der Waals surface area contributed by atoms with E-state index in [1.54, 1.807) is 0 Å². The van der Waals surface area contributed by atoms with Crippen LogP contribution < -0.4 is 17.2 Å². The molecule has 0 saturated heterocycles. The van der Waals surface area contributed by atoms with Crippen LogP contribution in [0.15, 0.2) is 12.1 Å². The lowest BCUT2D eigenvalue weighted by Crippen LogP contribution is -2.34. The number of hydrogen-bond donors (Lipinski definition) is 5. The summed E-state index contributed by atoms with van der Waals surface area (Å²) in [6.45, 7) is 0. The smallest absolute Gasteiger partial charge is 0.249 e. The van der Waals surface area contributed by atoms with Crippen molar-refractivity contribution in [1.29, 1.82) is 0 Å². The number of anilines is 2. The van der Waals surface area contributed by atoms with Gasteiger partial charge in [0.25, 0.3) is 0 Å². The Bertz CT molecular complexity index is 425. The number of carbonyl (C=O) groups is 1. The number of carbonyl (C=O) groups excluding carboxylic acids is 1. The summed E-state index contributed by atoms with van der Waals surface area (Å²) in [7, 11) is 0. The number of aliphatic hydroxyl groups is 2. The van der Waals surface area contributed by atoms with Crippen molar-refractivity contribution in [1.82, 2.24) is 0 Å². The Morgan fingerprint density at radius 2 is 1.88 bits per heavy atom. The summed E-state index contributed by atoms with van der Waals surface area (Å²) in [4.78, 5) is 10.6. The highest BCUT2D eigenvalue weighted by molar-refractivity contribution is 5.80. The van der Waals surface area contributed by atoms with Crippen LogP contribution in [-0.2, 0) is 4.79 Å². The van der Waals surface area contributed by atoms with E-state index in [0.29, 0.717) is 0 Å². The first-order valence-electron chi connectivity index (χ1n) is 4.34. The summed E-state index contributed by atoms with van der Waals surface area (Å²) in [6.07, 6.45) is -3.58. The Morgan fingerprint density at radius 3 is 2.38 bits per heavy atom. The van der Waals surface area contributed by atoms with Crippen molar-refractivity contribution in [3.05, 3.63) is 23.5 Å². The fraction of sp³-hybridized carbons (Fsp3) is 0.222. The lowest BCUT2D eigenvalue weighted by molar-refractivity contribution is -0.131. The van der Waals surface area contributed by atoms with Gasteiger partial charge in [0, 0.05) is 5.56 Å². The zero-order valence-corrected chi connectivity index (χ0v) is 8.22. The molecule has 0 saturated carbocycles. The number of rotatable bonds is 3. The average molecular weight is 229 g/mol. The first-order valence-corrected chi connectivity index (χ1v) is 4.34. The van der Waals surface area contributed by atoms with Gasteiger partial charge in [-0.15, -0.1) is 0 Å². The molecule has 0 radical (unpaired) electrons. The van der Waals surface area contributed by atoms with E-state index in [0.717, 1.165) is 12.1 Å². The van der Waals surface area contributed by atoms with Crippen LogP contribution >= 0.6 is 0 Å². The second-order valence-electron chi connectivity index (χ2n) is 3.29. The highest BCUT2D eigenvalue weighted by atomic mass is 19.1. The number of amides is 1. The average Bonchev–Trinajstić information content (AvgIpc) is 2.21. The molecule has 88 valence electrons. The van der Waals surface area contributed by atoms with E-state index in [9.17, 15) is 19.4 Å². The molecule has 0 spiro atoms. The Morgan fingerprint density at radius 1 is 1.31 bits per heavy atom. The van der Waals surface area contributed by atoms with Gasteiger partial charge in [0.05, 0.1) is 11.4 Å². The zero-order chi connectivity index (χ0) is 12.5. The fourth-order valence-electron chi connectivity index (χ4n) is 1.23. The predicted octanol–water partition coefficient (Wildman–Crippen LogP) is -1.13. The normalized spacial score (nSPS) is 14.4. The third-order valence-corrected chi connectivity index (χ3v) is 2.12. The third-order valence-electron chi connectivity index (χ3n) is 2.12. The minimum atomic E-state index is -1.87. The molecule has 1 aromatic carbocycles. The van der Waals surface area contributed by atoms with E-state index in [1.807, 2.05) is 0 Å². The third kappa shape index (κ3) is 2.20. The first-order chi connectivity index (χ1) is 7.34. The number of nitrogens with two attached hydrogens (primary N) is 3. The van der Waals surface area contributed by atoms with E-state index >= 15 is 0 Å². The second-order valence-corrected chi connectivity index (χ2v) is 3.29. The van der Waals surface area contributed by atoms with Crippen molar-refractivity contribution < 1.29 is 19.4 Å². The van der Waals surface area contributed by atoms with Gasteiger partial charge in [-0.25, -0.2) is 4.39 Å². The topological polar surface area (TPSA) is 136 Å². The number of hydrogen-bond acceptors (Lipinski definition) is 5. The van der Waals surface area contributed by atoms with Gasteiger partial charge >= 0.3 is 0 Å². The van der Waals surface area contributed by atoms with Crippen LogP contribution in [0.3, 0.4) is 0 Å². The lowest BCUT2D eigenvalue weighted by atomic mass is 10.0. The van der Waals surface area contributed by atoms with Crippen molar-refractivity contribution in [2.24, 2.45) is 5.73 Å². The van der Waals surface area contributed by atoms with Crippen molar-refractivity contribution in [2.75, 3.05) is 11.5 Å². The van der Waals surface area contributed by atoms with Crippen molar-refractivity contribution in [3.8, 4) is 0 Å². The second kappa shape index (κ2) is 4.33. The van der Waals surface area contributed by atoms with Crippen molar-refractivity contribution >= 4 is 17.3 Å². The molecule has 16 heavy (non-hydrogen) atoms. The van der Waals surface area contributed by atoms with E-state index in [-0.39, 0.29) is 16.9 Å². The molecule has 6 nitrogen and oxygen atoms in total. The molecule has 0 aliphatic carbocycles. The zero-order valence-electron chi connectivity index (χ0n) is 8.22. The molecule has 0 aromatic heterocycles. The van der Waals surface area contributed by atoms with Crippen LogP contribution in [0.25, 0.3) is 0 Å². The Balaban J connectivity index is 3.17. The van der Waals surface area contributed by atoms with Gasteiger partial charge in [-0.1, -0.05) is 0 Å². The molecule has 2 atom stereocenters. The summed E-state index contributed by atoms with van der Waals surface area (Å²) < 4.78 is 13.0. The number of primary amides is 1. The standard InChI is InChI=1S/C9H12FN3O3/c10-3-1-4(6(12)5(11)2-3)7(14)8(15)9(13)16/h1-2,7-8,14-15H,11-12H2,(H2,13,16). The fourth-order valence-corrected chi connectivity index (χ4v) is 1.23. The van der Waals surface area contributed by atoms with Crippen molar-refractivity contribution in [2.45, 2.75) is 12.2 Å². The molecule has 0 bridgehead atoms. The summed E-state index contributed by atoms with van der Waals surface area (Å²) in [5.41, 5.74) is 15.3. The number of aliphatic hydroxyl groups excluding tert-OH is 2. The molecule has 0 aliphatic heterocycles. The first kappa shape index (κ1) is 12.2. The van der Waals surface area contributed by atoms with Gasteiger partial charge in [0.15, 0.2) is 6.10 Å². The number of benzene rings is 1. The molecule has 8 N–H and O–H groups in total. The summed E-state index contributed by atoms with van der Waals surface area (Å²) >= 11 is 0. The largest absolute Gasteiger partial charge is 0.397 e. The minimum absolute atomic E-state index is 0.0919. The molecule has 0 aliphatic rings. The summed E-state index contributed by atoms with van der Waals surface area (Å²) in [5.74, 6) is -1.88. The Hall–Kier alpha value is -1.86. The number of halogens is 1.